The molecule has 3 heterocycles. The highest BCUT2D eigenvalue weighted by atomic mass is 33.1. The third-order valence-electron chi connectivity index (χ3n) is 6.27. The van der Waals surface area contributed by atoms with Gasteiger partial charge in [-0.1, -0.05) is 46.2 Å². The van der Waals surface area contributed by atoms with E-state index in [2.05, 4.69) is 27.3 Å². The number of hydrogen-bond acceptors (Lipinski definition) is 6. The van der Waals surface area contributed by atoms with Crippen LogP contribution in [-0.2, 0) is 11.3 Å². The van der Waals surface area contributed by atoms with Gasteiger partial charge in [-0.2, -0.15) is 0 Å². The third-order valence-corrected chi connectivity index (χ3v) is 10.2. The fraction of sp³-hybridized carbons (Fsp3) is 0.520. The monoisotopic (exact) mass is 502 g/mol. The van der Waals surface area contributed by atoms with Crippen molar-refractivity contribution >= 4 is 50.4 Å². The molecular weight excluding hydrogens is 469 g/mol. The summed E-state index contributed by atoms with van der Waals surface area (Å²) in [5, 5.41) is 6.49. The summed E-state index contributed by atoms with van der Waals surface area (Å²) < 4.78 is 0. The Morgan fingerprint density at radius 3 is 2.79 bits per heavy atom. The minimum atomic E-state index is 0.343. The summed E-state index contributed by atoms with van der Waals surface area (Å²) in [7, 11) is 4.04. The highest BCUT2D eigenvalue weighted by Gasteiger charge is 2.22. The number of piperidine rings is 1. The van der Waals surface area contributed by atoms with Gasteiger partial charge in [-0.25, -0.2) is 4.99 Å². The molecule has 2 fully saturated rings. The molecule has 0 spiro atoms. The second-order valence-corrected chi connectivity index (χ2v) is 12.5. The molecular formula is C25H34N4OS3. The maximum Gasteiger partial charge on any atom is 0.222 e. The molecule has 5 nitrogen and oxygen atoms in total. The summed E-state index contributed by atoms with van der Waals surface area (Å²) in [5.74, 6) is 2.19. The van der Waals surface area contributed by atoms with Gasteiger partial charge in [0.05, 0.1) is 10.6 Å². The molecule has 0 saturated carbocycles. The average Bonchev–Trinajstić information content (AvgIpc) is 3.56. The minimum Gasteiger partial charge on any atom is -0.383 e. The van der Waals surface area contributed by atoms with E-state index in [0.717, 1.165) is 54.7 Å². The van der Waals surface area contributed by atoms with Crippen molar-refractivity contribution in [1.82, 2.24) is 10.2 Å². The van der Waals surface area contributed by atoms with Gasteiger partial charge in [0.25, 0.3) is 0 Å². The fourth-order valence-electron chi connectivity index (χ4n) is 4.32. The molecule has 1 aromatic carbocycles. The van der Waals surface area contributed by atoms with Crippen molar-refractivity contribution in [2.75, 3.05) is 18.8 Å². The SMILES string of the molecule is N/C(=N\c1cccc(CNC2CCN(C(=O)CCCCC3CCSS3)CC2)c1)c1cccs1. The summed E-state index contributed by atoms with van der Waals surface area (Å²) in [4.78, 5) is 20.2. The van der Waals surface area contributed by atoms with Gasteiger partial charge in [-0.15, -0.1) is 11.3 Å². The molecule has 2 saturated heterocycles. The number of benzene rings is 1. The van der Waals surface area contributed by atoms with E-state index in [9.17, 15) is 4.79 Å². The minimum absolute atomic E-state index is 0.343. The Hall–Kier alpha value is -1.48. The van der Waals surface area contributed by atoms with E-state index in [1.165, 1.54) is 30.6 Å². The number of likely N-dealkylation sites (tertiary alicyclic amines) is 1. The Kier molecular flexibility index (Phi) is 9.58. The average molecular weight is 503 g/mol. The molecule has 1 aromatic heterocycles. The highest BCUT2D eigenvalue weighted by molar-refractivity contribution is 8.77. The van der Waals surface area contributed by atoms with Crippen LogP contribution in [0.15, 0.2) is 46.8 Å². The number of hydrogen-bond donors (Lipinski definition) is 2. The van der Waals surface area contributed by atoms with E-state index >= 15 is 0 Å². The van der Waals surface area contributed by atoms with Crippen LogP contribution >= 0.6 is 32.9 Å². The number of rotatable bonds is 10. The van der Waals surface area contributed by atoms with Gasteiger partial charge in [-0.05, 0) is 61.2 Å². The van der Waals surface area contributed by atoms with Gasteiger partial charge in [0.1, 0.15) is 5.84 Å². The first-order chi connectivity index (χ1) is 16.2. The van der Waals surface area contributed by atoms with Gasteiger partial charge in [0.2, 0.25) is 5.91 Å². The van der Waals surface area contributed by atoms with Crippen LogP contribution < -0.4 is 11.1 Å². The third kappa shape index (κ3) is 7.77. The predicted molar refractivity (Wildman–Crippen MR) is 145 cm³/mol. The summed E-state index contributed by atoms with van der Waals surface area (Å²) in [6, 6.07) is 12.7. The molecule has 1 atom stereocenters. The highest BCUT2D eigenvalue weighted by Crippen LogP contribution is 2.39. The normalized spacial score (nSPS) is 19.8. The Morgan fingerprint density at radius 2 is 2.03 bits per heavy atom. The van der Waals surface area contributed by atoms with Crippen LogP contribution in [0.2, 0.25) is 0 Å². The molecule has 1 amide bonds. The van der Waals surface area contributed by atoms with Crippen LogP contribution in [0, 0.1) is 0 Å². The number of nitrogens with one attached hydrogen (secondary N) is 1. The summed E-state index contributed by atoms with van der Waals surface area (Å²) >= 11 is 1.60. The van der Waals surface area contributed by atoms with E-state index in [-0.39, 0.29) is 0 Å². The smallest absolute Gasteiger partial charge is 0.222 e. The van der Waals surface area contributed by atoms with Gasteiger partial charge in [0, 0.05) is 43.1 Å². The van der Waals surface area contributed by atoms with Crippen LogP contribution in [0.5, 0.6) is 0 Å². The first-order valence-electron chi connectivity index (χ1n) is 11.9. The molecule has 178 valence electrons. The lowest BCUT2D eigenvalue weighted by Gasteiger charge is -2.32. The molecule has 33 heavy (non-hydrogen) atoms. The van der Waals surface area contributed by atoms with Gasteiger partial charge in [0.15, 0.2) is 0 Å². The largest absolute Gasteiger partial charge is 0.383 e. The molecule has 0 bridgehead atoms. The first kappa shape index (κ1) is 24.6. The van der Waals surface area contributed by atoms with E-state index in [4.69, 9.17) is 5.73 Å². The molecule has 3 N–H and O–H groups in total. The standard InChI is InChI=1S/C25H34N4OS3/c26-25(23-8-4-15-31-23)28-21-6-3-5-19(17-21)18-27-20-10-13-29(14-11-20)24(30)9-2-1-7-22-12-16-32-33-22/h3-6,8,15,17,20,22,27H,1-2,7,9-14,16,18H2,(H2,26,28). The lowest BCUT2D eigenvalue weighted by atomic mass is 10.0. The zero-order valence-electron chi connectivity index (χ0n) is 19.1. The van der Waals surface area contributed by atoms with Crippen molar-refractivity contribution in [1.29, 1.82) is 0 Å². The number of carbonyl (C=O) groups is 1. The van der Waals surface area contributed by atoms with E-state index in [1.54, 1.807) is 11.3 Å². The lowest BCUT2D eigenvalue weighted by Crippen LogP contribution is -2.44. The maximum atomic E-state index is 12.6. The van der Waals surface area contributed by atoms with E-state index < -0.39 is 0 Å². The number of amidine groups is 1. The van der Waals surface area contributed by atoms with Crippen molar-refractivity contribution in [2.24, 2.45) is 10.7 Å². The van der Waals surface area contributed by atoms with Crippen molar-refractivity contribution < 1.29 is 4.79 Å². The van der Waals surface area contributed by atoms with Crippen LogP contribution in [0.25, 0.3) is 0 Å². The Labute approximate surface area is 209 Å². The number of carbonyl (C=O) groups excluding carboxylic acids is 1. The van der Waals surface area contributed by atoms with Crippen LogP contribution in [0.3, 0.4) is 0 Å². The van der Waals surface area contributed by atoms with E-state index in [1.807, 2.05) is 51.2 Å². The van der Waals surface area contributed by atoms with Crippen molar-refractivity contribution in [2.45, 2.75) is 62.8 Å². The number of unbranched alkanes of at least 4 members (excludes halogenated alkanes) is 1. The molecule has 4 rings (SSSR count). The van der Waals surface area contributed by atoms with Crippen LogP contribution in [0.4, 0.5) is 5.69 Å². The first-order valence-corrected chi connectivity index (χ1v) is 15.2. The molecule has 2 aliphatic heterocycles. The Morgan fingerprint density at radius 1 is 1.15 bits per heavy atom. The number of thiophene rings is 1. The molecule has 2 aliphatic rings. The molecule has 0 aliphatic carbocycles. The summed E-state index contributed by atoms with van der Waals surface area (Å²) in [5.41, 5.74) is 8.21. The van der Waals surface area contributed by atoms with Crippen molar-refractivity contribution in [3.05, 3.63) is 52.2 Å². The topological polar surface area (TPSA) is 70.7 Å². The lowest BCUT2D eigenvalue weighted by molar-refractivity contribution is -0.132. The zero-order valence-corrected chi connectivity index (χ0v) is 21.5. The van der Waals surface area contributed by atoms with Gasteiger partial charge in [-0.3, -0.25) is 4.79 Å². The number of amides is 1. The molecule has 0 radical (unpaired) electrons. The van der Waals surface area contributed by atoms with Crippen molar-refractivity contribution in [3.8, 4) is 0 Å². The Balaban J connectivity index is 1.15. The molecule has 1 unspecified atom stereocenters. The second kappa shape index (κ2) is 12.8. The number of nitrogens with two attached hydrogens (primary N) is 1. The second-order valence-electron chi connectivity index (χ2n) is 8.75. The van der Waals surface area contributed by atoms with Crippen LogP contribution in [-0.4, -0.2) is 46.8 Å². The number of aliphatic imine (C=N–C) groups is 1. The Bertz CT molecular complexity index is 904. The quantitative estimate of drug-likeness (QED) is 0.192. The molecule has 8 heteroatoms. The van der Waals surface area contributed by atoms with Crippen LogP contribution in [0.1, 0.15) is 55.4 Å². The fourth-order valence-corrected chi connectivity index (χ4v) is 7.98. The number of nitrogens with zero attached hydrogens (tertiary/aromatic N) is 2. The van der Waals surface area contributed by atoms with Crippen molar-refractivity contribution in [3.63, 3.8) is 0 Å². The van der Waals surface area contributed by atoms with E-state index in [0.29, 0.717) is 24.2 Å². The zero-order chi connectivity index (χ0) is 22.9. The van der Waals surface area contributed by atoms with Gasteiger partial charge < -0.3 is 16.0 Å². The van der Waals surface area contributed by atoms with Gasteiger partial charge >= 0.3 is 0 Å². The summed E-state index contributed by atoms with van der Waals surface area (Å²) in [6.07, 6.45) is 7.58. The molecule has 2 aromatic rings. The summed E-state index contributed by atoms with van der Waals surface area (Å²) in [6.45, 7) is 2.54. The maximum absolute atomic E-state index is 12.6. The predicted octanol–water partition coefficient (Wildman–Crippen LogP) is 5.58.